The van der Waals surface area contributed by atoms with Crippen LogP contribution in [0.4, 0.5) is 0 Å². The molecule has 3 fully saturated rings. The van der Waals surface area contributed by atoms with Gasteiger partial charge in [-0.15, -0.1) is 0 Å². The molecule has 0 aliphatic heterocycles. The van der Waals surface area contributed by atoms with E-state index < -0.39 is 40.5 Å². The zero-order chi connectivity index (χ0) is 22.8. The number of aliphatic hydroxyl groups is 4. The van der Waals surface area contributed by atoms with E-state index in [-0.39, 0.29) is 36.4 Å². The van der Waals surface area contributed by atoms with E-state index in [1.54, 1.807) is 12.2 Å². The SMILES string of the molecule is CCCC(O)(O)[C@]1(C(=O)CO)CC[C@H]2[C@@H]3CCC4=CC(=O)C=C[C@]4(C)[C@H]3C(O)C[C@@]21C. The van der Waals surface area contributed by atoms with Gasteiger partial charge in [-0.05, 0) is 61.5 Å². The van der Waals surface area contributed by atoms with Gasteiger partial charge in [0.25, 0.3) is 0 Å². The third kappa shape index (κ3) is 2.84. The molecule has 0 amide bonds. The molecule has 0 saturated heterocycles. The first-order chi connectivity index (χ1) is 14.5. The summed E-state index contributed by atoms with van der Waals surface area (Å²) >= 11 is 0. The van der Waals surface area contributed by atoms with Gasteiger partial charge in [0.05, 0.1) is 11.5 Å². The molecule has 4 N–H and O–H groups in total. The van der Waals surface area contributed by atoms with Crippen LogP contribution in [-0.2, 0) is 9.59 Å². The number of allylic oxidation sites excluding steroid dienone is 4. The summed E-state index contributed by atoms with van der Waals surface area (Å²) in [6.45, 7) is 5.10. The molecular weight excluding hydrogens is 396 g/mol. The van der Waals surface area contributed by atoms with Crippen molar-refractivity contribution in [2.45, 2.75) is 77.6 Å². The van der Waals surface area contributed by atoms with E-state index in [9.17, 15) is 30.0 Å². The zero-order valence-electron chi connectivity index (χ0n) is 18.8. The minimum Gasteiger partial charge on any atom is -0.393 e. The molecule has 6 nitrogen and oxygen atoms in total. The van der Waals surface area contributed by atoms with Gasteiger partial charge in [-0.3, -0.25) is 9.59 Å². The topological polar surface area (TPSA) is 115 Å². The maximum absolute atomic E-state index is 13.2. The summed E-state index contributed by atoms with van der Waals surface area (Å²) in [5.41, 5.74) is -1.69. The van der Waals surface area contributed by atoms with Crippen molar-refractivity contribution in [2.75, 3.05) is 6.61 Å². The van der Waals surface area contributed by atoms with Gasteiger partial charge in [0.15, 0.2) is 17.4 Å². The molecule has 172 valence electrons. The van der Waals surface area contributed by atoms with Crippen molar-refractivity contribution in [3.8, 4) is 0 Å². The largest absolute Gasteiger partial charge is 0.393 e. The first-order valence-corrected chi connectivity index (χ1v) is 11.7. The zero-order valence-corrected chi connectivity index (χ0v) is 18.8. The highest BCUT2D eigenvalue weighted by atomic mass is 16.5. The quantitative estimate of drug-likeness (QED) is 0.496. The number of fused-ring (bicyclic) bond motifs is 5. The lowest BCUT2D eigenvalue weighted by molar-refractivity contribution is -0.280. The Balaban J connectivity index is 1.80. The first kappa shape index (κ1) is 22.8. The second kappa shape index (κ2) is 7.34. The van der Waals surface area contributed by atoms with Crippen LogP contribution in [0.25, 0.3) is 0 Å². The van der Waals surface area contributed by atoms with Crippen molar-refractivity contribution in [3.63, 3.8) is 0 Å². The van der Waals surface area contributed by atoms with Gasteiger partial charge in [0.1, 0.15) is 6.61 Å². The Morgan fingerprint density at radius 1 is 1.26 bits per heavy atom. The van der Waals surface area contributed by atoms with Crippen LogP contribution >= 0.6 is 0 Å². The Labute approximate surface area is 184 Å². The second-order valence-corrected chi connectivity index (χ2v) is 10.8. The van der Waals surface area contributed by atoms with Crippen LogP contribution in [0, 0.1) is 34.0 Å². The fourth-order valence-corrected chi connectivity index (χ4v) is 8.39. The summed E-state index contributed by atoms with van der Waals surface area (Å²) in [4.78, 5) is 25.2. The highest BCUT2D eigenvalue weighted by Gasteiger charge is 2.73. The molecule has 6 heteroatoms. The normalized spacial score (nSPS) is 44.4. The Kier molecular flexibility index (Phi) is 5.41. The van der Waals surface area contributed by atoms with Gasteiger partial charge >= 0.3 is 0 Å². The number of ketones is 2. The van der Waals surface area contributed by atoms with Crippen LogP contribution in [-0.4, -0.2) is 50.5 Å². The molecule has 4 aliphatic rings. The van der Waals surface area contributed by atoms with Crippen molar-refractivity contribution in [3.05, 3.63) is 23.8 Å². The molecular formula is C25H36O6. The van der Waals surface area contributed by atoms with Crippen LogP contribution in [0.5, 0.6) is 0 Å². The number of Topliss-reactive ketones (excluding diaryl/α,β-unsaturated/α-hetero) is 1. The molecule has 0 aromatic rings. The predicted molar refractivity (Wildman–Crippen MR) is 115 cm³/mol. The summed E-state index contributed by atoms with van der Waals surface area (Å²) < 4.78 is 0. The Bertz CT molecular complexity index is 843. The third-order valence-corrected chi connectivity index (χ3v) is 9.59. The molecule has 31 heavy (non-hydrogen) atoms. The fraction of sp³-hybridized carbons (Fsp3) is 0.760. The van der Waals surface area contributed by atoms with Crippen LogP contribution in [0.3, 0.4) is 0 Å². The maximum atomic E-state index is 13.2. The van der Waals surface area contributed by atoms with Crippen molar-refractivity contribution in [1.82, 2.24) is 0 Å². The van der Waals surface area contributed by atoms with E-state index in [1.165, 1.54) is 0 Å². The van der Waals surface area contributed by atoms with Crippen molar-refractivity contribution in [1.29, 1.82) is 0 Å². The summed E-state index contributed by atoms with van der Waals surface area (Å²) in [6, 6.07) is 0. The van der Waals surface area contributed by atoms with Crippen LogP contribution in [0.15, 0.2) is 23.8 Å². The number of hydrogen-bond donors (Lipinski definition) is 4. The van der Waals surface area contributed by atoms with Gasteiger partial charge in [0.2, 0.25) is 0 Å². The van der Waals surface area contributed by atoms with Crippen molar-refractivity contribution in [2.24, 2.45) is 34.0 Å². The lowest BCUT2D eigenvalue weighted by Gasteiger charge is -2.61. The number of aliphatic hydroxyl groups excluding tert-OH is 2. The van der Waals surface area contributed by atoms with Gasteiger partial charge in [-0.2, -0.15) is 0 Å². The van der Waals surface area contributed by atoms with E-state index in [4.69, 9.17) is 0 Å². The Morgan fingerprint density at radius 3 is 2.61 bits per heavy atom. The molecule has 0 aromatic heterocycles. The Morgan fingerprint density at radius 2 is 1.97 bits per heavy atom. The van der Waals surface area contributed by atoms with Crippen molar-refractivity contribution >= 4 is 11.6 Å². The van der Waals surface area contributed by atoms with Crippen LogP contribution < -0.4 is 0 Å². The minimum atomic E-state index is -2.24. The molecule has 0 heterocycles. The molecule has 0 bridgehead atoms. The van der Waals surface area contributed by atoms with Crippen LogP contribution in [0.1, 0.15) is 65.7 Å². The van der Waals surface area contributed by atoms with E-state index in [0.717, 1.165) is 18.4 Å². The second-order valence-electron chi connectivity index (χ2n) is 10.8. The first-order valence-electron chi connectivity index (χ1n) is 11.7. The number of carbonyl (C=O) groups excluding carboxylic acids is 2. The number of rotatable bonds is 5. The van der Waals surface area contributed by atoms with Gasteiger partial charge in [-0.25, -0.2) is 0 Å². The highest BCUT2D eigenvalue weighted by Crippen LogP contribution is 2.71. The minimum absolute atomic E-state index is 0.0144. The van der Waals surface area contributed by atoms with E-state index in [1.807, 2.05) is 19.9 Å². The average Bonchev–Trinajstić information content (AvgIpc) is 3.01. The molecule has 0 radical (unpaired) electrons. The van der Waals surface area contributed by atoms with Crippen molar-refractivity contribution < 1.29 is 30.0 Å². The Hall–Kier alpha value is -1.34. The predicted octanol–water partition coefficient (Wildman–Crippen LogP) is 2.29. The average molecular weight is 433 g/mol. The van der Waals surface area contributed by atoms with Gasteiger partial charge < -0.3 is 20.4 Å². The molecule has 7 atom stereocenters. The summed E-state index contributed by atoms with van der Waals surface area (Å²) in [7, 11) is 0. The molecule has 3 saturated carbocycles. The summed E-state index contributed by atoms with van der Waals surface area (Å²) in [5.74, 6) is -2.76. The standard InChI is InChI=1S/C25H36O6/c1-4-9-25(30,31)24(20(29)14-26)11-8-18-17-6-5-15-12-16(27)7-10-22(15,2)21(17)19(28)13-23(18,24)3/h7,10,12,17-19,21,26,28,30-31H,4-6,8-9,11,13-14H2,1-3H3/t17-,18-,19?,21+,22-,23-,24-/m0/s1. The maximum Gasteiger partial charge on any atom is 0.178 e. The van der Waals surface area contributed by atoms with Crippen LogP contribution in [0.2, 0.25) is 0 Å². The van der Waals surface area contributed by atoms with E-state index in [2.05, 4.69) is 6.92 Å². The van der Waals surface area contributed by atoms with Gasteiger partial charge in [0, 0.05) is 17.8 Å². The van der Waals surface area contributed by atoms with E-state index in [0.29, 0.717) is 19.3 Å². The molecule has 0 aromatic carbocycles. The molecule has 0 spiro atoms. The van der Waals surface area contributed by atoms with E-state index >= 15 is 0 Å². The molecule has 1 unspecified atom stereocenters. The summed E-state index contributed by atoms with van der Waals surface area (Å²) in [6.07, 6.45) is 7.79. The number of carbonyl (C=O) groups is 2. The monoisotopic (exact) mass is 432 g/mol. The highest BCUT2D eigenvalue weighted by molar-refractivity contribution is 6.01. The van der Waals surface area contributed by atoms with Gasteiger partial charge in [-0.1, -0.05) is 38.8 Å². The summed E-state index contributed by atoms with van der Waals surface area (Å²) in [5, 5.41) is 43.7. The third-order valence-electron chi connectivity index (χ3n) is 9.59. The molecule has 4 rings (SSSR count). The lowest BCUT2D eigenvalue weighted by Crippen LogP contribution is -2.65. The number of hydrogen-bond acceptors (Lipinski definition) is 6. The fourth-order valence-electron chi connectivity index (χ4n) is 8.39. The lowest BCUT2D eigenvalue weighted by atomic mass is 9.43. The molecule has 4 aliphatic carbocycles. The smallest absolute Gasteiger partial charge is 0.178 e.